The zero-order chi connectivity index (χ0) is 37.3. The molecular weight excluding hydrogens is 713 g/mol. The fourth-order valence-corrected chi connectivity index (χ4v) is 7.88. The van der Waals surface area contributed by atoms with Crippen molar-refractivity contribution in [3.05, 3.63) is 74.7 Å². The van der Waals surface area contributed by atoms with Crippen molar-refractivity contribution in [2.45, 2.75) is 81.5 Å². The first-order chi connectivity index (χ1) is 23.7. The summed E-state index contributed by atoms with van der Waals surface area (Å²) in [7, 11) is -3.48. The molecule has 4 aromatic rings. The molecule has 1 unspecified atom stereocenters. The Bertz CT molecular complexity index is 2220. The van der Waals surface area contributed by atoms with E-state index in [4.69, 9.17) is 16.3 Å². The van der Waals surface area contributed by atoms with Crippen molar-refractivity contribution in [2.75, 3.05) is 24.7 Å². The molecule has 0 bridgehead atoms. The van der Waals surface area contributed by atoms with Crippen LogP contribution in [-0.2, 0) is 37.5 Å². The van der Waals surface area contributed by atoms with Crippen LogP contribution >= 0.6 is 11.6 Å². The summed E-state index contributed by atoms with van der Waals surface area (Å²) in [6.45, 7) is 7.57. The lowest BCUT2D eigenvalue weighted by atomic mass is 9.74. The average Bonchev–Trinajstić information content (AvgIpc) is 3.59. The summed E-state index contributed by atoms with van der Waals surface area (Å²) < 4.78 is 72.0. The highest BCUT2D eigenvalue weighted by atomic mass is 35.5. The predicted molar refractivity (Wildman–Crippen MR) is 183 cm³/mol. The standard InChI is InChI=1S/C34H36ClF3N6O6S/c1-19-17-33(12-14-42(15-13-33)31(47)50-32(2,3)4)26-27(19)43(18-25(45)39-24-11-8-21(16-23(24)35)34(36,37)38)30-40-28(41-44(30)29(26)46)20-6-9-22(10-7-20)51(5,48)49/h6-11,16,19H,12-15,17-18H2,1-5H3,(H,39,45). The van der Waals surface area contributed by atoms with Crippen molar-refractivity contribution < 1.29 is 35.9 Å². The molecule has 6 rings (SSSR count). The molecule has 51 heavy (non-hydrogen) atoms. The number of hydrogen-bond acceptors (Lipinski definition) is 8. The van der Waals surface area contributed by atoms with Gasteiger partial charge in [-0.2, -0.15) is 22.7 Å². The highest BCUT2D eigenvalue weighted by Crippen LogP contribution is 2.50. The predicted octanol–water partition coefficient (Wildman–Crippen LogP) is 6.05. The summed E-state index contributed by atoms with van der Waals surface area (Å²) in [5.41, 5.74) is -1.32. The maximum absolute atomic E-state index is 14.4. The number of halogens is 4. The van der Waals surface area contributed by atoms with E-state index < -0.39 is 50.2 Å². The third-order valence-corrected chi connectivity index (χ3v) is 10.7. The lowest BCUT2D eigenvalue weighted by Crippen LogP contribution is -2.48. The summed E-state index contributed by atoms with van der Waals surface area (Å²) in [5, 5.41) is 6.79. The molecule has 0 radical (unpaired) electrons. The number of nitrogens with zero attached hydrogens (tertiary/aromatic N) is 5. The molecule has 2 amide bonds. The molecule has 17 heteroatoms. The van der Waals surface area contributed by atoms with E-state index in [2.05, 4.69) is 15.4 Å². The van der Waals surface area contributed by atoms with Crippen LogP contribution in [0.3, 0.4) is 0 Å². The number of piperidine rings is 1. The second kappa shape index (κ2) is 12.7. The number of carbonyl (C=O) groups excluding carboxylic acids is 2. The van der Waals surface area contributed by atoms with Crippen LogP contribution in [0.15, 0.2) is 52.2 Å². The van der Waals surface area contributed by atoms with E-state index >= 15 is 0 Å². The molecule has 12 nitrogen and oxygen atoms in total. The summed E-state index contributed by atoms with van der Waals surface area (Å²) >= 11 is 6.13. The lowest BCUT2D eigenvalue weighted by molar-refractivity contribution is -0.137. The molecule has 2 aliphatic rings. The second-order valence-corrected chi connectivity index (χ2v) is 16.6. The number of aromatic nitrogens is 4. The van der Waals surface area contributed by atoms with Gasteiger partial charge in [-0.25, -0.2) is 13.2 Å². The zero-order valence-corrected chi connectivity index (χ0v) is 30.0. The van der Waals surface area contributed by atoms with Crippen LogP contribution in [-0.4, -0.2) is 69.4 Å². The first-order valence-corrected chi connectivity index (χ1v) is 18.4. The number of likely N-dealkylation sites (tertiary alicyclic amines) is 1. The average molecular weight is 749 g/mol. The highest BCUT2D eigenvalue weighted by Gasteiger charge is 2.49. The number of alkyl halides is 3. The van der Waals surface area contributed by atoms with Gasteiger partial charge in [-0.3, -0.25) is 9.59 Å². The Balaban J connectivity index is 1.42. The third kappa shape index (κ3) is 7.07. The SMILES string of the molecule is CC1CC2(CCN(C(=O)OC(C)(C)C)CC2)c2c1n(CC(=O)Nc1ccc(C(F)(F)F)cc1Cl)c1nc(-c3ccc(S(C)(=O)=O)cc3)nn1c2=O. The number of hydrogen-bond donors (Lipinski definition) is 1. The van der Waals surface area contributed by atoms with Crippen molar-refractivity contribution in [1.29, 1.82) is 0 Å². The van der Waals surface area contributed by atoms with Crippen molar-refractivity contribution >= 4 is 44.9 Å². The monoisotopic (exact) mass is 748 g/mol. The van der Waals surface area contributed by atoms with Crippen LogP contribution in [0.2, 0.25) is 5.02 Å². The van der Waals surface area contributed by atoms with Crippen LogP contribution in [0.5, 0.6) is 0 Å². The van der Waals surface area contributed by atoms with Crippen molar-refractivity contribution in [3.8, 4) is 11.4 Å². The summed E-state index contributed by atoms with van der Waals surface area (Å²) in [5.74, 6) is -0.719. The molecule has 1 spiro atoms. The van der Waals surface area contributed by atoms with Gasteiger partial charge in [0.15, 0.2) is 15.7 Å². The molecule has 1 N–H and O–H groups in total. The van der Waals surface area contributed by atoms with E-state index in [1.165, 1.54) is 24.3 Å². The van der Waals surface area contributed by atoms with Gasteiger partial charge < -0.3 is 19.5 Å². The maximum atomic E-state index is 14.4. The van der Waals surface area contributed by atoms with Crippen LogP contribution in [0.25, 0.3) is 17.2 Å². The van der Waals surface area contributed by atoms with E-state index in [-0.39, 0.29) is 39.7 Å². The molecule has 2 aromatic carbocycles. The van der Waals surface area contributed by atoms with Crippen LogP contribution < -0.4 is 10.9 Å². The van der Waals surface area contributed by atoms with E-state index in [0.717, 1.165) is 29.0 Å². The quantitative estimate of drug-likeness (QED) is 0.260. The van der Waals surface area contributed by atoms with E-state index in [1.807, 2.05) is 6.92 Å². The number of carbonyl (C=O) groups is 2. The molecule has 1 aliphatic carbocycles. The molecule has 1 aliphatic heterocycles. The number of sulfone groups is 1. The number of fused-ring (bicyclic) bond motifs is 3. The number of nitrogens with one attached hydrogen (secondary N) is 1. The topological polar surface area (TPSA) is 145 Å². The van der Waals surface area contributed by atoms with Crippen molar-refractivity contribution in [1.82, 2.24) is 24.1 Å². The van der Waals surface area contributed by atoms with Gasteiger partial charge >= 0.3 is 12.3 Å². The Morgan fingerprint density at radius 2 is 1.73 bits per heavy atom. The number of ether oxygens (including phenoxy) is 1. The zero-order valence-electron chi connectivity index (χ0n) is 28.5. The molecule has 2 aromatic heterocycles. The van der Waals surface area contributed by atoms with Gasteiger partial charge in [-0.15, -0.1) is 5.10 Å². The minimum atomic E-state index is -4.63. The molecule has 272 valence electrons. The summed E-state index contributed by atoms with van der Waals surface area (Å²) in [4.78, 5) is 47.2. The second-order valence-electron chi connectivity index (χ2n) is 14.2. The highest BCUT2D eigenvalue weighted by molar-refractivity contribution is 7.90. The smallest absolute Gasteiger partial charge is 0.416 e. The maximum Gasteiger partial charge on any atom is 0.416 e. The minimum Gasteiger partial charge on any atom is -0.444 e. The van der Waals surface area contributed by atoms with Gasteiger partial charge in [0.1, 0.15) is 12.1 Å². The number of amides is 2. The van der Waals surface area contributed by atoms with Crippen molar-refractivity contribution in [2.24, 2.45) is 0 Å². The van der Waals surface area contributed by atoms with E-state index in [1.54, 1.807) is 30.2 Å². The van der Waals surface area contributed by atoms with Crippen LogP contribution in [0, 0.1) is 0 Å². The first kappa shape index (κ1) is 36.4. The molecule has 1 fully saturated rings. The first-order valence-electron chi connectivity index (χ1n) is 16.2. The largest absolute Gasteiger partial charge is 0.444 e. The normalized spacial score (nSPS) is 17.5. The number of anilines is 1. The lowest BCUT2D eigenvalue weighted by Gasteiger charge is -2.40. The number of rotatable bonds is 5. The Morgan fingerprint density at radius 1 is 1.08 bits per heavy atom. The summed E-state index contributed by atoms with van der Waals surface area (Å²) in [6, 6.07) is 8.44. The van der Waals surface area contributed by atoms with Gasteiger partial charge in [0.25, 0.3) is 5.56 Å². The molecule has 0 saturated carbocycles. The fourth-order valence-electron chi connectivity index (χ4n) is 7.02. The van der Waals surface area contributed by atoms with Gasteiger partial charge in [-0.05, 0) is 88.4 Å². The fraction of sp³-hybridized carbons (Fsp3) is 0.441. The third-order valence-electron chi connectivity index (χ3n) is 9.26. The minimum absolute atomic E-state index is 0.0319. The van der Waals surface area contributed by atoms with Gasteiger partial charge in [0.05, 0.1) is 21.2 Å². The van der Waals surface area contributed by atoms with E-state index in [0.29, 0.717) is 49.2 Å². The Morgan fingerprint density at radius 3 is 2.29 bits per heavy atom. The Kier molecular flexibility index (Phi) is 9.02. The Hall–Kier alpha value is -4.44. The summed E-state index contributed by atoms with van der Waals surface area (Å²) in [6.07, 6.45) is -2.54. The molecule has 1 atom stereocenters. The van der Waals surface area contributed by atoms with E-state index in [9.17, 15) is 36.0 Å². The molecule has 3 heterocycles. The molecule has 1 saturated heterocycles. The molecular formula is C34H36ClF3N6O6S. The van der Waals surface area contributed by atoms with Gasteiger partial charge in [-0.1, -0.05) is 18.5 Å². The number of benzene rings is 2. The van der Waals surface area contributed by atoms with Gasteiger partial charge in [0, 0.05) is 41.6 Å². The van der Waals surface area contributed by atoms with Crippen LogP contribution in [0.4, 0.5) is 23.7 Å². The van der Waals surface area contributed by atoms with Crippen molar-refractivity contribution in [3.63, 3.8) is 0 Å². The Labute approximate surface area is 296 Å². The van der Waals surface area contributed by atoms with Gasteiger partial charge in [0.2, 0.25) is 11.7 Å². The van der Waals surface area contributed by atoms with Crippen LogP contribution in [0.1, 0.15) is 69.7 Å².